The van der Waals surface area contributed by atoms with Crippen molar-refractivity contribution in [1.29, 1.82) is 0 Å². The number of H-pyrrole nitrogens is 1. The quantitative estimate of drug-likeness (QED) is 0.502. The van der Waals surface area contributed by atoms with Gasteiger partial charge in [-0.05, 0) is 56.0 Å². The van der Waals surface area contributed by atoms with Crippen LogP contribution in [0.15, 0.2) is 24.7 Å². The topological polar surface area (TPSA) is 65.3 Å². The van der Waals surface area contributed by atoms with Gasteiger partial charge in [0.05, 0.1) is 16.7 Å². The number of aromatic nitrogens is 5. The normalized spacial score (nSPS) is 15.5. The summed E-state index contributed by atoms with van der Waals surface area (Å²) in [5.41, 5.74) is 9.05. The van der Waals surface area contributed by atoms with Crippen LogP contribution in [-0.4, -0.2) is 62.2 Å². The highest BCUT2D eigenvalue weighted by molar-refractivity contribution is 5.90. The van der Waals surface area contributed by atoms with E-state index in [1.807, 2.05) is 4.52 Å². The molecule has 1 aliphatic heterocycles. The molecule has 7 heteroatoms. The van der Waals surface area contributed by atoms with Crippen LogP contribution in [-0.2, 0) is 0 Å². The fourth-order valence-electron chi connectivity index (χ4n) is 5.00. The molecular formula is C25H33N7. The summed E-state index contributed by atoms with van der Waals surface area (Å²) in [4.78, 5) is 18.3. The first-order valence-electron chi connectivity index (χ1n) is 11.8. The molecule has 1 saturated heterocycles. The minimum atomic E-state index is 0.342. The Morgan fingerprint density at radius 2 is 1.84 bits per heavy atom. The van der Waals surface area contributed by atoms with Crippen molar-refractivity contribution in [2.24, 2.45) is 0 Å². The summed E-state index contributed by atoms with van der Waals surface area (Å²) in [5.74, 6) is 1.43. The van der Waals surface area contributed by atoms with Crippen molar-refractivity contribution in [1.82, 2.24) is 29.5 Å². The van der Waals surface area contributed by atoms with Gasteiger partial charge in [-0.15, -0.1) is 0 Å². The van der Waals surface area contributed by atoms with Crippen LogP contribution in [0.2, 0.25) is 0 Å². The fraction of sp³-hybridized carbons (Fsp3) is 0.480. The van der Waals surface area contributed by atoms with Gasteiger partial charge in [0.25, 0.3) is 0 Å². The van der Waals surface area contributed by atoms with Crippen LogP contribution in [0.1, 0.15) is 49.8 Å². The first-order valence-corrected chi connectivity index (χ1v) is 11.8. The molecule has 1 fully saturated rings. The predicted molar refractivity (Wildman–Crippen MR) is 131 cm³/mol. The number of piperazine rings is 1. The molecular weight excluding hydrogens is 398 g/mol. The lowest BCUT2D eigenvalue weighted by Crippen LogP contribution is -2.46. The van der Waals surface area contributed by atoms with Crippen LogP contribution in [0.4, 0.5) is 5.82 Å². The molecule has 0 amide bonds. The highest BCUT2D eigenvalue weighted by Gasteiger charge is 2.23. The van der Waals surface area contributed by atoms with Crippen molar-refractivity contribution in [3.63, 3.8) is 0 Å². The second kappa shape index (κ2) is 8.20. The van der Waals surface area contributed by atoms with Gasteiger partial charge in [0.15, 0.2) is 5.65 Å². The summed E-state index contributed by atoms with van der Waals surface area (Å²) in [6, 6.07) is 4.36. The zero-order valence-corrected chi connectivity index (χ0v) is 19.8. The lowest BCUT2D eigenvalue weighted by Gasteiger charge is -2.35. The van der Waals surface area contributed by atoms with Gasteiger partial charge < -0.3 is 9.88 Å². The summed E-state index contributed by atoms with van der Waals surface area (Å²) in [6.45, 7) is 16.5. The van der Waals surface area contributed by atoms with Crippen LogP contribution in [0.3, 0.4) is 0 Å². The molecule has 0 bridgehead atoms. The Hall–Kier alpha value is -2.93. The third kappa shape index (κ3) is 3.45. The molecule has 0 radical (unpaired) electrons. The maximum atomic E-state index is 5.18. The summed E-state index contributed by atoms with van der Waals surface area (Å²) in [5, 5.41) is 4.40. The number of aromatic amines is 1. The van der Waals surface area contributed by atoms with Gasteiger partial charge in [-0.2, -0.15) is 5.10 Å². The van der Waals surface area contributed by atoms with Crippen molar-refractivity contribution in [2.45, 2.75) is 47.0 Å². The number of nitrogens with zero attached hydrogens (tertiary/aromatic N) is 6. The van der Waals surface area contributed by atoms with Gasteiger partial charge in [0.1, 0.15) is 12.1 Å². The molecule has 1 N–H and O–H groups in total. The fourth-order valence-corrected chi connectivity index (χ4v) is 5.00. The van der Waals surface area contributed by atoms with E-state index >= 15 is 0 Å². The van der Waals surface area contributed by atoms with E-state index in [2.05, 4.69) is 77.8 Å². The van der Waals surface area contributed by atoms with E-state index in [1.165, 1.54) is 24.1 Å². The number of aryl methyl sites for hydroxylation is 1. The van der Waals surface area contributed by atoms with Gasteiger partial charge in [0, 0.05) is 43.5 Å². The zero-order valence-electron chi connectivity index (χ0n) is 19.8. The van der Waals surface area contributed by atoms with Gasteiger partial charge in [-0.25, -0.2) is 14.5 Å². The van der Waals surface area contributed by atoms with Crippen LogP contribution in [0.25, 0.3) is 27.9 Å². The maximum Gasteiger partial charge on any atom is 0.158 e. The zero-order chi connectivity index (χ0) is 22.4. The van der Waals surface area contributed by atoms with Gasteiger partial charge in [-0.1, -0.05) is 20.8 Å². The monoisotopic (exact) mass is 431 g/mol. The Morgan fingerprint density at radius 3 is 2.56 bits per heavy atom. The molecule has 0 aromatic carbocycles. The SMILES string of the molecule is CCCN1CCN(c2ccc3[nH]c(-c4cn5ncnc5c(C)c4C)c(C(C)C)c3n2)CC1. The lowest BCUT2D eigenvalue weighted by molar-refractivity contribution is 0.258. The summed E-state index contributed by atoms with van der Waals surface area (Å²) < 4.78 is 1.88. The van der Waals surface area contributed by atoms with Crippen LogP contribution >= 0.6 is 0 Å². The van der Waals surface area contributed by atoms with Gasteiger partial charge in [-0.3, -0.25) is 4.90 Å². The molecule has 0 spiro atoms. The maximum absolute atomic E-state index is 5.18. The minimum absolute atomic E-state index is 0.342. The van der Waals surface area contributed by atoms with Crippen molar-refractivity contribution in [3.8, 4) is 11.3 Å². The van der Waals surface area contributed by atoms with Gasteiger partial charge in [0.2, 0.25) is 0 Å². The van der Waals surface area contributed by atoms with Crippen molar-refractivity contribution in [3.05, 3.63) is 41.3 Å². The number of pyridine rings is 2. The molecule has 0 unspecified atom stereocenters. The van der Waals surface area contributed by atoms with Crippen molar-refractivity contribution >= 4 is 22.5 Å². The van der Waals surface area contributed by atoms with Crippen molar-refractivity contribution in [2.75, 3.05) is 37.6 Å². The Bertz CT molecular complexity index is 1260. The minimum Gasteiger partial charge on any atom is -0.354 e. The number of anilines is 1. The number of rotatable bonds is 5. The molecule has 32 heavy (non-hydrogen) atoms. The first kappa shape index (κ1) is 20.9. The smallest absolute Gasteiger partial charge is 0.158 e. The summed E-state index contributed by atoms with van der Waals surface area (Å²) in [7, 11) is 0. The number of hydrogen-bond acceptors (Lipinski definition) is 5. The Morgan fingerprint density at radius 1 is 1.06 bits per heavy atom. The number of fused-ring (bicyclic) bond motifs is 2. The highest BCUT2D eigenvalue weighted by Crippen LogP contribution is 2.37. The number of hydrogen-bond donors (Lipinski definition) is 1. The van der Waals surface area contributed by atoms with E-state index in [4.69, 9.17) is 4.98 Å². The van der Waals surface area contributed by atoms with Crippen LogP contribution in [0.5, 0.6) is 0 Å². The van der Waals surface area contributed by atoms with Crippen LogP contribution in [0, 0.1) is 13.8 Å². The molecule has 168 valence electrons. The average Bonchev–Trinajstić information content (AvgIpc) is 3.41. The van der Waals surface area contributed by atoms with Crippen molar-refractivity contribution < 1.29 is 0 Å². The number of nitrogens with one attached hydrogen (secondary N) is 1. The summed E-state index contributed by atoms with van der Waals surface area (Å²) in [6.07, 6.45) is 4.93. The standard InChI is InChI=1S/C25H33N7/c1-6-9-30-10-12-31(13-11-30)21-8-7-20-24(29-21)22(16(2)3)23(28-20)19-14-32-25(26-15-27-32)18(5)17(19)4/h7-8,14-16,28H,6,9-13H2,1-5H3. The van der Waals surface area contributed by atoms with Crippen LogP contribution < -0.4 is 4.90 Å². The molecule has 5 rings (SSSR count). The van der Waals surface area contributed by atoms with Gasteiger partial charge >= 0.3 is 0 Å². The molecule has 7 nitrogen and oxygen atoms in total. The second-order valence-electron chi connectivity index (χ2n) is 9.28. The highest BCUT2D eigenvalue weighted by atomic mass is 15.3. The molecule has 0 aliphatic carbocycles. The van der Waals surface area contributed by atoms with E-state index < -0.39 is 0 Å². The summed E-state index contributed by atoms with van der Waals surface area (Å²) >= 11 is 0. The Balaban J connectivity index is 1.59. The molecule has 0 saturated carbocycles. The van der Waals surface area contributed by atoms with E-state index in [0.29, 0.717) is 5.92 Å². The largest absolute Gasteiger partial charge is 0.354 e. The third-order valence-corrected chi connectivity index (χ3v) is 6.87. The Labute approximate surface area is 189 Å². The second-order valence-corrected chi connectivity index (χ2v) is 9.28. The molecule has 5 heterocycles. The average molecular weight is 432 g/mol. The molecule has 0 atom stereocenters. The Kier molecular flexibility index (Phi) is 5.37. The lowest BCUT2D eigenvalue weighted by atomic mass is 9.95. The van der Waals surface area contributed by atoms with E-state index in [0.717, 1.165) is 65.5 Å². The van der Waals surface area contributed by atoms with E-state index in [-0.39, 0.29) is 0 Å². The van der Waals surface area contributed by atoms with E-state index in [1.54, 1.807) is 6.33 Å². The predicted octanol–water partition coefficient (Wildman–Crippen LogP) is 4.54. The first-order chi connectivity index (χ1) is 15.5. The molecule has 4 aromatic rings. The molecule has 4 aromatic heterocycles. The van der Waals surface area contributed by atoms with E-state index in [9.17, 15) is 0 Å². The molecule has 1 aliphatic rings. The third-order valence-electron chi connectivity index (χ3n) is 6.87.